The molecule has 18 heavy (non-hydrogen) atoms. The molecule has 0 fully saturated rings. The normalized spacial score (nSPS) is 9.72. The van der Waals surface area contributed by atoms with Gasteiger partial charge in [0.15, 0.2) is 5.75 Å². The minimum atomic E-state index is -0.540. The van der Waals surface area contributed by atoms with E-state index in [-0.39, 0.29) is 18.0 Å². The van der Waals surface area contributed by atoms with Gasteiger partial charge in [-0.1, -0.05) is 6.07 Å². The van der Waals surface area contributed by atoms with Crippen LogP contribution in [0.4, 0.5) is 11.4 Å². The van der Waals surface area contributed by atoms with Gasteiger partial charge in [0, 0.05) is 7.05 Å². The first-order valence-corrected chi connectivity index (χ1v) is 5.10. The summed E-state index contributed by atoms with van der Waals surface area (Å²) in [4.78, 5) is 23.1. The average Bonchev–Trinajstić information content (AvgIpc) is 2.37. The van der Waals surface area contributed by atoms with E-state index in [2.05, 4.69) is 4.74 Å². The summed E-state index contributed by atoms with van der Waals surface area (Å²) >= 11 is 0. The lowest BCUT2D eigenvalue weighted by atomic mass is 10.2. The topological polar surface area (TPSA) is 81.9 Å². The summed E-state index contributed by atoms with van der Waals surface area (Å²) in [6, 6.07) is 4.66. The molecule has 0 unspecified atom stereocenters. The summed E-state index contributed by atoms with van der Waals surface area (Å²) < 4.78 is 9.46. The van der Waals surface area contributed by atoms with Gasteiger partial charge in [0.1, 0.15) is 12.2 Å². The van der Waals surface area contributed by atoms with Gasteiger partial charge < -0.3 is 14.4 Å². The molecule has 1 rings (SSSR count). The molecule has 0 amide bonds. The van der Waals surface area contributed by atoms with Crippen LogP contribution in [0.3, 0.4) is 0 Å². The minimum absolute atomic E-state index is 0.0789. The van der Waals surface area contributed by atoms with Gasteiger partial charge in [-0.15, -0.1) is 0 Å². The van der Waals surface area contributed by atoms with Crippen LogP contribution in [0.5, 0.6) is 5.75 Å². The number of anilines is 1. The number of methoxy groups -OCH3 is 2. The van der Waals surface area contributed by atoms with E-state index in [1.54, 1.807) is 19.2 Å². The van der Waals surface area contributed by atoms with E-state index in [1.807, 2.05) is 0 Å². The van der Waals surface area contributed by atoms with E-state index < -0.39 is 10.9 Å². The summed E-state index contributed by atoms with van der Waals surface area (Å²) in [5, 5.41) is 11.0. The van der Waals surface area contributed by atoms with Gasteiger partial charge in [-0.2, -0.15) is 0 Å². The Morgan fingerprint density at radius 3 is 2.61 bits per heavy atom. The van der Waals surface area contributed by atoms with Crippen LogP contribution in [0.1, 0.15) is 0 Å². The molecule has 0 radical (unpaired) electrons. The van der Waals surface area contributed by atoms with Crippen LogP contribution in [0.25, 0.3) is 0 Å². The van der Waals surface area contributed by atoms with E-state index >= 15 is 0 Å². The lowest BCUT2D eigenvalue weighted by Crippen LogP contribution is -2.27. The maximum Gasteiger partial charge on any atom is 0.333 e. The molecule has 0 aromatic heterocycles. The summed E-state index contributed by atoms with van der Waals surface area (Å²) in [6.45, 7) is -0.0789. The fourth-order valence-corrected chi connectivity index (χ4v) is 1.51. The second-order valence-corrected chi connectivity index (χ2v) is 3.52. The van der Waals surface area contributed by atoms with Gasteiger partial charge in [0.25, 0.3) is 0 Å². The largest absolute Gasteiger partial charge is 0.490 e. The predicted molar refractivity (Wildman–Crippen MR) is 64.9 cm³/mol. The number of nitro groups is 1. The highest BCUT2D eigenvalue weighted by molar-refractivity contribution is 5.78. The number of hydrogen-bond acceptors (Lipinski definition) is 6. The number of hydrogen-bond donors (Lipinski definition) is 0. The molecule has 98 valence electrons. The maximum absolute atomic E-state index is 11.2. The molecular formula is C11H14N2O5. The number of esters is 1. The van der Waals surface area contributed by atoms with Crippen molar-refractivity contribution in [1.82, 2.24) is 0 Å². The van der Waals surface area contributed by atoms with E-state index in [0.717, 1.165) is 0 Å². The second kappa shape index (κ2) is 5.85. The number of likely N-dealkylation sites (N-methyl/N-ethyl adjacent to an activating group) is 1. The molecular weight excluding hydrogens is 240 g/mol. The molecule has 0 saturated carbocycles. The molecule has 1 aromatic rings. The number of ether oxygens (including phenoxy) is 2. The van der Waals surface area contributed by atoms with Crippen molar-refractivity contribution >= 4 is 17.3 Å². The number of para-hydroxylation sites is 1. The number of benzene rings is 1. The van der Waals surface area contributed by atoms with Gasteiger partial charge in [-0.25, -0.2) is 0 Å². The lowest BCUT2D eigenvalue weighted by Gasteiger charge is -2.18. The Bertz CT molecular complexity index is 461. The number of rotatable bonds is 5. The van der Waals surface area contributed by atoms with Crippen molar-refractivity contribution in [1.29, 1.82) is 0 Å². The van der Waals surface area contributed by atoms with Crippen molar-refractivity contribution < 1.29 is 19.2 Å². The fourth-order valence-electron chi connectivity index (χ4n) is 1.51. The molecule has 1 aromatic carbocycles. The molecule has 0 atom stereocenters. The minimum Gasteiger partial charge on any atom is -0.490 e. The number of nitro benzene ring substituents is 1. The molecule has 0 aliphatic rings. The van der Waals surface area contributed by atoms with Crippen LogP contribution >= 0.6 is 0 Å². The zero-order valence-corrected chi connectivity index (χ0v) is 10.4. The molecule has 0 spiro atoms. The monoisotopic (exact) mass is 254 g/mol. The van der Waals surface area contributed by atoms with E-state index in [1.165, 1.54) is 25.2 Å². The highest BCUT2D eigenvalue weighted by Crippen LogP contribution is 2.36. The summed E-state index contributed by atoms with van der Waals surface area (Å²) in [5.41, 5.74) is 0.121. The summed E-state index contributed by atoms with van der Waals surface area (Å²) in [6.07, 6.45) is 0. The van der Waals surface area contributed by atoms with E-state index in [0.29, 0.717) is 5.69 Å². The quantitative estimate of drug-likeness (QED) is 0.446. The van der Waals surface area contributed by atoms with Gasteiger partial charge in [-0.05, 0) is 12.1 Å². The first-order valence-electron chi connectivity index (χ1n) is 5.10. The third kappa shape index (κ3) is 2.88. The molecule has 0 N–H and O–H groups in total. The zero-order chi connectivity index (χ0) is 13.7. The third-order valence-corrected chi connectivity index (χ3v) is 2.39. The average molecular weight is 254 g/mol. The molecule has 7 heteroatoms. The fraction of sp³-hybridized carbons (Fsp3) is 0.364. The Morgan fingerprint density at radius 1 is 1.44 bits per heavy atom. The molecule has 0 bridgehead atoms. The SMILES string of the molecule is COC(=O)CN(C)c1cccc(OC)c1[N+](=O)[O-]. The first kappa shape index (κ1) is 13.8. The highest BCUT2D eigenvalue weighted by Gasteiger charge is 2.23. The Kier molecular flexibility index (Phi) is 4.47. The molecule has 0 saturated heterocycles. The van der Waals surface area contributed by atoms with Gasteiger partial charge >= 0.3 is 11.7 Å². The van der Waals surface area contributed by atoms with Gasteiger partial charge in [0.05, 0.1) is 19.1 Å². The Hall–Kier alpha value is -2.31. The van der Waals surface area contributed by atoms with Crippen molar-refractivity contribution in [2.24, 2.45) is 0 Å². The maximum atomic E-state index is 11.2. The third-order valence-electron chi connectivity index (χ3n) is 2.39. The predicted octanol–water partition coefficient (Wildman–Crippen LogP) is 1.21. The van der Waals surface area contributed by atoms with Gasteiger partial charge in [-0.3, -0.25) is 14.9 Å². The van der Waals surface area contributed by atoms with Crippen molar-refractivity contribution in [3.05, 3.63) is 28.3 Å². The number of nitrogens with zero attached hydrogens (tertiary/aromatic N) is 2. The van der Waals surface area contributed by atoms with Crippen molar-refractivity contribution in [3.8, 4) is 5.75 Å². The van der Waals surface area contributed by atoms with Crippen LogP contribution < -0.4 is 9.64 Å². The summed E-state index contributed by atoms with van der Waals surface area (Å²) in [7, 11) is 4.18. The van der Waals surface area contributed by atoms with Crippen LogP contribution in [-0.2, 0) is 9.53 Å². The summed E-state index contributed by atoms with van der Waals surface area (Å²) in [5.74, 6) is -0.330. The van der Waals surface area contributed by atoms with Crippen LogP contribution in [0.2, 0.25) is 0 Å². The highest BCUT2D eigenvalue weighted by atomic mass is 16.6. The van der Waals surface area contributed by atoms with Gasteiger partial charge in [0.2, 0.25) is 0 Å². The molecule has 0 heterocycles. The van der Waals surface area contributed by atoms with E-state index in [9.17, 15) is 14.9 Å². The Labute approximate surface area is 104 Å². The smallest absolute Gasteiger partial charge is 0.333 e. The molecule has 7 nitrogen and oxygen atoms in total. The number of carbonyl (C=O) groups excluding carboxylic acids is 1. The molecule has 0 aliphatic carbocycles. The van der Waals surface area contributed by atoms with Crippen molar-refractivity contribution in [2.45, 2.75) is 0 Å². The molecule has 0 aliphatic heterocycles. The second-order valence-electron chi connectivity index (χ2n) is 3.52. The first-order chi connectivity index (χ1) is 8.51. The van der Waals surface area contributed by atoms with Crippen molar-refractivity contribution in [3.63, 3.8) is 0 Å². The van der Waals surface area contributed by atoms with Crippen LogP contribution in [0.15, 0.2) is 18.2 Å². The Morgan fingerprint density at radius 2 is 2.11 bits per heavy atom. The van der Waals surface area contributed by atoms with E-state index in [4.69, 9.17) is 4.74 Å². The zero-order valence-electron chi connectivity index (χ0n) is 10.4. The van der Waals surface area contributed by atoms with Crippen LogP contribution in [0, 0.1) is 10.1 Å². The van der Waals surface area contributed by atoms with Crippen LogP contribution in [-0.4, -0.2) is 38.7 Å². The lowest BCUT2D eigenvalue weighted by molar-refractivity contribution is -0.385. The number of carbonyl (C=O) groups is 1. The standard InChI is InChI=1S/C11H14N2O5/c1-12(7-10(14)18-3)8-5-4-6-9(17-2)11(8)13(15)16/h4-6H,7H2,1-3H3. The van der Waals surface area contributed by atoms with Crippen molar-refractivity contribution in [2.75, 3.05) is 32.7 Å². The Balaban J connectivity index is 3.15.